The highest BCUT2D eigenvalue weighted by Crippen LogP contribution is 2.45. The van der Waals surface area contributed by atoms with Crippen LogP contribution >= 0.6 is 0 Å². The van der Waals surface area contributed by atoms with Crippen LogP contribution in [0.1, 0.15) is 64.2 Å². The highest BCUT2D eigenvalue weighted by molar-refractivity contribution is 5.91. The molecule has 164 valence electrons. The SMILES string of the molecule is O=C1C2CCCCC2C2NC3CC4NC5C(NC4CC3NC12)C(=O)C1CCCCC15. The van der Waals surface area contributed by atoms with E-state index in [1.54, 1.807) is 0 Å². The molecule has 7 rings (SSSR count). The van der Waals surface area contributed by atoms with E-state index < -0.39 is 0 Å². The molecule has 0 spiro atoms. The summed E-state index contributed by atoms with van der Waals surface area (Å²) in [4.78, 5) is 26.2. The van der Waals surface area contributed by atoms with Crippen LogP contribution in [0, 0.1) is 23.7 Å². The summed E-state index contributed by atoms with van der Waals surface area (Å²) in [6.07, 6.45) is 11.7. The lowest BCUT2D eigenvalue weighted by molar-refractivity contribution is -0.124. The van der Waals surface area contributed by atoms with Gasteiger partial charge in [0.2, 0.25) is 0 Å². The second-order valence-corrected chi connectivity index (χ2v) is 11.5. The third kappa shape index (κ3) is 2.57. The second-order valence-electron chi connectivity index (χ2n) is 11.5. The molecule has 0 aromatic heterocycles. The summed E-state index contributed by atoms with van der Waals surface area (Å²) in [5.41, 5.74) is 0. The Morgan fingerprint density at radius 3 is 1.40 bits per heavy atom. The molecule has 30 heavy (non-hydrogen) atoms. The molecule has 12 unspecified atom stereocenters. The van der Waals surface area contributed by atoms with Crippen molar-refractivity contribution in [2.24, 2.45) is 23.7 Å². The third-order valence-corrected chi connectivity index (χ3v) is 10.2. The van der Waals surface area contributed by atoms with Crippen molar-refractivity contribution in [3.8, 4) is 0 Å². The first-order valence-electron chi connectivity index (χ1n) is 12.8. The fourth-order valence-electron chi connectivity index (χ4n) is 8.90. The van der Waals surface area contributed by atoms with Crippen molar-refractivity contribution < 1.29 is 9.59 Å². The molecule has 6 heteroatoms. The summed E-state index contributed by atoms with van der Waals surface area (Å²) in [6.45, 7) is 0. The zero-order valence-corrected chi connectivity index (χ0v) is 17.8. The minimum atomic E-state index is 0.0104. The number of hydrogen-bond donors (Lipinski definition) is 4. The zero-order valence-electron chi connectivity index (χ0n) is 17.8. The predicted octanol–water partition coefficient (Wildman–Crippen LogP) is 0.893. The summed E-state index contributed by atoms with van der Waals surface area (Å²) in [6, 6.07) is 2.23. The van der Waals surface area contributed by atoms with Gasteiger partial charge in [-0.25, -0.2) is 0 Å². The molecule has 6 nitrogen and oxygen atoms in total. The number of hydrogen-bond acceptors (Lipinski definition) is 6. The lowest BCUT2D eigenvalue weighted by atomic mass is 9.75. The number of carbonyl (C=O) groups excluding carboxylic acids is 2. The maximum absolute atomic E-state index is 13.1. The van der Waals surface area contributed by atoms with Gasteiger partial charge in [-0.3, -0.25) is 9.59 Å². The van der Waals surface area contributed by atoms with Crippen molar-refractivity contribution in [1.82, 2.24) is 21.3 Å². The van der Waals surface area contributed by atoms with Gasteiger partial charge in [-0.15, -0.1) is 0 Å². The molecular weight excluding hydrogens is 376 g/mol. The second kappa shape index (κ2) is 6.84. The molecule has 0 bridgehead atoms. The number of carbonyl (C=O) groups is 2. The number of Topliss-reactive ketones (excluding diaryl/α,β-unsaturated/α-hetero) is 2. The van der Waals surface area contributed by atoms with E-state index in [9.17, 15) is 9.59 Å². The predicted molar refractivity (Wildman–Crippen MR) is 113 cm³/mol. The smallest absolute Gasteiger partial charge is 0.154 e. The first-order valence-corrected chi connectivity index (χ1v) is 12.8. The van der Waals surface area contributed by atoms with Crippen LogP contribution in [0.5, 0.6) is 0 Å². The fourth-order valence-corrected chi connectivity index (χ4v) is 8.90. The van der Waals surface area contributed by atoms with Crippen molar-refractivity contribution in [2.75, 3.05) is 0 Å². The topological polar surface area (TPSA) is 82.3 Å². The Balaban J connectivity index is 1.11. The summed E-state index contributed by atoms with van der Waals surface area (Å²) < 4.78 is 0. The van der Waals surface area contributed by atoms with Gasteiger partial charge in [-0.05, 0) is 50.4 Å². The van der Waals surface area contributed by atoms with E-state index >= 15 is 0 Å². The van der Waals surface area contributed by atoms with Crippen molar-refractivity contribution >= 4 is 11.6 Å². The molecule has 7 fully saturated rings. The summed E-state index contributed by atoms with van der Waals surface area (Å²) in [7, 11) is 0. The fraction of sp³-hybridized carbons (Fsp3) is 0.917. The maximum atomic E-state index is 13.1. The van der Waals surface area contributed by atoms with Gasteiger partial charge >= 0.3 is 0 Å². The quantitative estimate of drug-likeness (QED) is 0.473. The number of fused-ring (bicyclic) bond motifs is 8. The van der Waals surface area contributed by atoms with E-state index in [4.69, 9.17) is 0 Å². The average Bonchev–Trinajstić information content (AvgIpc) is 3.21. The molecular formula is C24H36N4O2. The van der Waals surface area contributed by atoms with Crippen molar-refractivity contribution in [1.29, 1.82) is 0 Å². The molecule has 5 aliphatic carbocycles. The highest BCUT2D eigenvalue weighted by Gasteiger charge is 2.58. The van der Waals surface area contributed by atoms with Crippen LogP contribution in [0.4, 0.5) is 0 Å². The lowest BCUT2D eigenvalue weighted by Gasteiger charge is -2.53. The monoisotopic (exact) mass is 412 g/mol. The molecule has 0 aromatic rings. The van der Waals surface area contributed by atoms with Crippen LogP contribution in [0.15, 0.2) is 0 Å². The van der Waals surface area contributed by atoms with E-state index in [0.717, 1.165) is 25.7 Å². The highest BCUT2D eigenvalue weighted by atomic mass is 16.1. The van der Waals surface area contributed by atoms with Gasteiger partial charge in [0, 0.05) is 48.1 Å². The number of rotatable bonds is 0. The summed E-state index contributed by atoms with van der Waals surface area (Å²) in [5.74, 6) is 2.60. The Hall–Kier alpha value is -0.820. The standard InChI is InChI=1S/C24H36N4O2/c29-23-13-7-3-1-5-11(13)19-21(23)27-17-10-18-16(9-15(17)25-19)26-20-12-6-2-4-8-14(12)24(30)22(20)28-18/h11-22,25-28H,1-10H2. The van der Waals surface area contributed by atoms with Crippen molar-refractivity contribution in [3.63, 3.8) is 0 Å². The van der Waals surface area contributed by atoms with E-state index in [1.807, 2.05) is 0 Å². The van der Waals surface area contributed by atoms with Crippen LogP contribution in [-0.4, -0.2) is 59.9 Å². The van der Waals surface area contributed by atoms with Crippen LogP contribution < -0.4 is 21.3 Å². The average molecular weight is 413 g/mol. The third-order valence-electron chi connectivity index (χ3n) is 10.2. The van der Waals surface area contributed by atoms with Crippen LogP contribution in [0.25, 0.3) is 0 Å². The van der Waals surface area contributed by atoms with Crippen LogP contribution in [0.2, 0.25) is 0 Å². The molecule has 12 atom stereocenters. The van der Waals surface area contributed by atoms with Crippen LogP contribution in [-0.2, 0) is 9.59 Å². The first kappa shape index (κ1) is 18.7. The Kier molecular flexibility index (Phi) is 4.27. The molecule has 4 N–H and O–H groups in total. The Morgan fingerprint density at radius 2 is 0.933 bits per heavy atom. The molecule has 5 saturated carbocycles. The Morgan fingerprint density at radius 1 is 0.533 bits per heavy atom. The van der Waals surface area contributed by atoms with Gasteiger partial charge in [-0.2, -0.15) is 0 Å². The summed E-state index contributed by atoms with van der Waals surface area (Å²) >= 11 is 0. The largest absolute Gasteiger partial charge is 0.307 e. The van der Waals surface area contributed by atoms with E-state index in [0.29, 0.717) is 59.7 Å². The zero-order chi connectivity index (χ0) is 20.0. The molecule has 2 saturated heterocycles. The van der Waals surface area contributed by atoms with Gasteiger partial charge in [0.05, 0.1) is 12.1 Å². The van der Waals surface area contributed by atoms with Gasteiger partial charge < -0.3 is 21.3 Å². The molecule has 0 radical (unpaired) electrons. The first-order chi connectivity index (χ1) is 14.7. The Labute approximate surface area is 179 Å². The normalized spacial score (nSPS) is 56.9. The maximum Gasteiger partial charge on any atom is 0.154 e. The van der Waals surface area contributed by atoms with E-state index in [-0.39, 0.29) is 23.9 Å². The van der Waals surface area contributed by atoms with E-state index in [1.165, 1.54) is 38.5 Å². The molecule has 2 aliphatic heterocycles. The molecule has 7 aliphatic rings. The molecule has 0 aromatic carbocycles. The van der Waals surface area contributed by atoms with Crippen molar-refractivity contribution in [2.45, 2.75) is 113 Å². The van der Waals surface area contributed by atoms with Gasteiger partial charge in [0.15, 0.2) is 11.6 Å². The number of ketones is 2. The number of piperazine rings is 2. The minimum absolute atomic E-state index is 0.0104. The van der Waals surface area contributed by atoms with Gasteiger partial charge in [-0.1, -0.05) is 25.7 Å². The minimum Gasteiger partial charge on any atom is -0.307 e. The lowest BCUT2D eigenvalue weighted by Crippen LogP contribution is -2.76. The molecule has 2 heterocycles. The molecule has 0 amide bonds. The Bertz CT molecular complexity index is 697. The van der Waals surface area contributed by atoms with Crippen LogP contribution in [0.3, 0.4) is 0 Å². The number of nitrogens with one attached hydrogen (secondary N) is 4. The van der Waals surface area contributed by atoms with Gasteiger partial charge in [0.1, 0.15) is 0 Å². The van der Waals surface area contributed by atoms with Crippen molar-refractivity contribution in [3.05, 3.63) is 0 Å². The summed E-state index contributed by atoms with van der Waals surface area (Å²) in [5, 5.41) is 15.6. The van der Waals surface area contributed by atoms with Gasteiger partial charge in [0.25, 0.3) is 0 Å². The van der Waals surface area contributed by atoms with E-state index in [2.05, 4.69) is 21.3 Å².